The van der Waals surface area contributed by atoms with E-state index in [9.17, 15) is 0 Å². The number of nitrogens with one attached hydrogen (secondary N) is 1. The molecule has 0 fully saturated rings. The van der Waals surface area contributed by atoms with Gasteiger partial charge in [-0.05, 0) is 55.6 Å². The SMILES string of the molecule is CCCNC(c1ccc(C)c(Cl)c1)c1ncccc1C. The monoisotopic (exact) mass is 288 g/mol. The molecule has 0 aliphatic carbocycles. The van der Waals surface area contributed by atoms with Gasteiger partial charge < -0.3 is 5.32 Å². The largest absolute Gasteiger partial charge is 0.305 e. The van der Waals surface area contributed by atoms with E-state index in [2.05, 4.69) is 42.3 Å². The van der Waals surface area contributed by atoms with E-state index in [0.717, 1.165) is 34.8 Å². The van der Waals surface area contributed by atoms with Crippen LogP contribution in [0.3, 0.4) is 0 Å². The molecule has 0 radical (unpaired) electrons. The quantitative estimate of drug-likeness (QED) is 0.880. The van der Waals surface area contributed by atoms with Gasteiger partial charge in [0.2, 0.25) is 0 Å². The molecule has 0 saturated heterocycles. The van der Waals surface area contributed by atoms with Gasteiger partial charge in [-0.2, -0.15) is 0 Å². The van der Waals surface area contributed by atoms with E-state index in [1.807, 2.05) is 25.3 Å². The van der Waals surface area contributed by atoms with Crippen LogP contribution < -0.4 is 5.32 Å². The lowest BCUT2D eigenvalue weighted by atomic mass is 9.98. The maximum absolute atomic E-state index is 6.27. The van der Waals surface area contributed by atoms with Crippen LogP contribution in [0.5, 0.6) is 0 Å². The van der Waals surface area contributed by atoms with Crippen molar-refractivity contribution in [3.05, 3.63) is 63.9 Å². The van der Waals surface area contributed by atoms with Gasteiger partial charge in [-0.25, -0.2) is 0 Å². The molecule has 1 atom stereocenters. The Morgan fingerprint density at radius 2 is 2.00 bits per heavy atom. The van der Waals surface area contributed by atoms with Gasteiger partial charge in [0.15, 0.2) is 0 Å². The van der Waals surface area contributed by atoms with Crippen molar-refractivity contribution < 1.29 is 0 Å². The summed E-state index contributed by atoms with van der Waals surface area (Å²) in [4.78, 5) is 4.55. The minimum absolute atomic E-state index is 0.0919. The molecule has 2 nitrogen and oxygen atoms in total. The molecule has 106 valence electrons. The molecule has 2 rings (SSSR count). The summed E-state index contributed by atoms with van der Waals surface area (Å²) in [5.74, 6) is 0. The highest BCUT2D eigenvalue weighted by atomic mass is 35.5. The Morgan fingerprint density at radius 1 is 1.20 bits per heavy atom. The van der Waals surface area contributed by atoms with Crippen molar-refractivity contribution in [2.75, 3.05) is 6.54 Å². The van der Waals surface area contributed by atoms with Crippen LogP contribution in [0, 0.1) is 13.8 Å². The Morgan fingerprint density at radius 3 is 2.65 bits per heavy atom. The number of aromatic nitrogens is 1. The van der Waals surface area contributed by atoms with E-state index in [0.29, 0.717) is 0 Å². The second-order valence-corrected chi connectivity index (χ2v) is 5.51. The lowest BCUT2D eigenvalue weighted by molar-refractivity contribution is 0.583. The average molecular weight is 289 g/mol. The molecule has 0 aliphatic heterocycles. The van der Waals surface area contributed by atoms with Crippen LogP contribution in [0.15, 0.2) is 36.5 Å². The predicted octanol–water partition coefficient (Wildman–Crippen LogP) is 4.44. The van der Waals surface area contributed by atoms with Crippen LogP contribution in [-0.4, -0.2) is 11.5 Å². The molecule has 0 spiro atoms. The summed E-state index contributed by atoms with van der Waals surface area (Å²) < 4.78 is 0. The van der Waals surface area contributed by atoms with E-state index < -0.39 is 0 Å². The third-order valence-corrected chi connectivity index (χ3v) is 3.86. The molecular weight excluding hydrogens is 268 g/mol. The van der Waals surface area contributed by atoms with Crippen molar-refractivity contribution in [2.24, 2.45) is 0 Å². The first-order valence-electron chi connectivity index (χ1n) is 7.04. The van der Waals surface area contributed by atoms with Crippen LogP contribution in [-0.2, 0) is 0 Å². The third-order valence-electron chi connectivity index (χ3n) is 3.45. The van der Waals surface area contributed by atoms with Crippen LogP contribution in [0.25, 0.3) is 0 Å². The minimum atomic E-state index is 0.0919. The first-order chi connectivity index (χ1) is 9.63. The second kappa shape index (κ2) is 6.87. The number of rotatable bonds is 5. The van der Waals surface area contributed by atoms with Gasteiger partial charge in [0, 0.05) is 11.2 Å². The molecule has 1 unspecified atom stereocenters. The summed E-state index contributed by atoms with van der Waals surface area (Å²) in [5, 5.41) is 4.37. The maximum Gasteiger partial charge on any atom is 0.0754 e. The fourth-order valence-electron chi connectivity index (χ4n) is 2.25. The summed E-state index contributed by atoms with van der Waals surface area (Å²) in [6, 6.07) is 10.4. The average Bonchev–Trinajstić information content (AvgIpc) is 2.44. The maximum atomic E-state index is 6.27. The fraction of sp³-hybridized carbons (Fsp3) is 0.353. The molecule has 1 heterocycles. The highest BCUT2D eigenvalue weighted by molar-refractivity contribution is 6.31. The lowest BCUT2D eigenvalue weighted by Gasteiger charge is -2.21. The summed E-state index contributed by atoms with van der Waals surface area (Å²) in [7, 11) is 0. The molecule has 3 heteroatoms. The van der Waals surface area contributed by atoms with Gasteiger partial charge in [-0.3, -0.25) is 4.98 Å². The van der Waals surface area contributed by atoms with E-state index in [1.54, 1.807) is 0 Å². The lowest BCUT2D eigenvalue weighted by Crippen LogP contribution is -2.24. The number of benzene rings is 1. The highest BCUT2D eigenvalue weighted by Gasteiger charge is 2.17. The molecule has 2 aromatic rings. The van der Waals surface area contributed by atoms with Crippen LogP contribution in [0.2, 0.25) is 5.02 Å². The van der Waals surface area contributed by atoms with Crippen molar-refractivity contribution in [1.29, 1.82) is 0 Å². The first-order valence-corrected chi connectivity index (χ1v) is 7.42. The molecule has 0 saturated carbocycles. The van der Waals surface area contributed by atoms with Crippen molar-refractivity contribution in [1.82, 2.24) is 10.3 Å². The zero-order chi connectivity index (χ0) is 14.5. The van der Waals surface area contributed by atoms with Crippen LogP contribution in [0.1, 0.15) is 41.8 Å². The smallest absolute Gasteiger partial charge is 0.0754 e. The Hall–Kier alpha value is -1.38. The van der Waals surface area contributed by atoms with Gasteiger partial charge in [0.05, 0.1) is 11.7 Å². The Kier molecular flexibility index (Phi) is 5.16. The van der Waals surface area contributed by atoms with E-state index in [1.165, 1.54) is 5.56 Å². The molecule has 1 aromatic heterocycles. The van der Waals surface area contributed by atoms with Crippen molar-refractivity contribution in [2.45, 2.75) is 33.2 Å². The Bertz CT molecular complexity index is 581. The van der Waals surface area contributed by atoms with Crippen molar-refractivity contribution >= 4 is 11.6 Å². The molecule has 0 bridgehead atoms. The van der Waals surface area contributed by atoms with Crippen LogP contribution in [0.4, 0.5) is 0 Å². The van der Waals surface area contributed by atoms with E-state index in [4.69, 9.17) is 11.6 Å². The molecule has 20 heavy (non-hydrogen) atoms. The van der Waals surface area contributed by atoms with Gasteiger partial charge in [-0.1, -0.05) is 36.7 Å². The fourth-order valence-corrected chi connectivity index (χ4v) is 2.44. The van der Waals surface area contributed by atoms with E-state index in [-0.39, 0.29) is 6.04 Å². The number of aryl methyl sites for hydroxylation is 2. The normalized spacial score (nSPS) is 12.4. The summed E-state index contributed by atoms with van der Waals surface area (Å²) in [6.07, 6.45) is 2.93. The first kappa shape index (κ1) is 15.0. The van der Waals surface area contributed by atoms with Gasteiger partial charge in [0.1, 0.15) is 0 Å². The highest BCUT2D eigenvalue weighted by Crippen LogP contribution is 2.26. The number of nitrogens with zero attached hydrogens (tertiary/aromatic N) is 1. The molecule has 0 aliphatic rings. The second-order valence-electron chi connectivity index (χ2n) is 5.10. The van der Waals surface area contributed by atoms with Crippen molar-refractivity contribution in [3.8, 4) is 0 Å². The zero-order valence-corrected chi connectivity index (χ0v) is 13.0. The minimum Gasteiger partial charge on any atom is -0.305 e. The predicted molar refractivity (Wildman–Crippen MR) is 85.3 cm³/mol. The Balaban J connectivity index is 2.41. The molecule has 0 amide bonds. The van der Waals surface area contributed by atoms with Crippen LogP contribution >= 0.6 is 11.6 Å². The molecular formula is C17H21ClN2. The topological polar surface area (TPSA) is 24.9 Å². The van der Waals surface area contributed by atoms with E-state index >= 15 is 0 Å². The number of hydrogen-bond acceptors (Lipinski definition) is 2. The van der Waals surface area contributed by atoms with Gasteiger partial charge in [0.25, 0.3) is 0 Å². The van der Waals surface area contributed by atoms with Crippen molar-refractivity contribution in [3.63, 3.8) is 0 Å². The summed E-state index contributed by atoms with van der Waals surface area (Å²) >= 11 is 6.27. The zero-order valence-electron chi connectivity index (χ0n) is 12.3. The van der Waals surface area contributed by atoms with Gasteiger partial charge in [-0.15, -0.1) is 0 Å². The third kappa shape index (κ3) is 3.38. The number of pyridine rings is 1. The molecule has 1 N–H and O–H groups in total. The number of hydrogen-bond donors (Lipinski definition) is 1. The standard InChI is InChI=1S/C17H21ClN2/c1-4-9-19-17(16-13(3)6-5-10-20-16)14-8-7-12(2)15(18)11-14/h5-8,10-11,17,19H,4,9H2,1-3H3. The summed E-state index contributed by atoms with van der Waals surface area (Å²) in [6.45, 7) is 7.23. The summed E-state index contributed by atoms with van der Waals surface area (Å²) in [5.41, 5.74) is 4.52. The Labute approximate surface area is 126 Å². The molecule has 1 aromatic carbocycles. The number of halogens is 1. The van der Waals surface area contributed by atoms with Gasteiger partial charge >= 0.3 is 0 Å².